The van der Waals surface area contributed by atoms with Crippen molar-refractivity contribution in [2.24, 2.45) is 0 Å². The fourth-order valence-electron chi connectivity index (χ4n) is 2.13. The van der Waals surface area contributed by atoms with E-state index in [0.717, 1.165) is 6.08 Å². The van der Waals surface area contributed by atoms with Gasteiger partial charge in [-0.3, -0.25) is 14.5 Å². The maximum Gasteiger partial charge on any atom is 0.331 e. The van der Waals surface area contributed by atoms with Crippen molar-refractivity contribution in [3.63, 3.8) is 0 Å². The van der Waals surface area contributed by atoms with Gasteiger partial charge in [0.2, 0.25) is 0 Å². The van der Waals surface area contributed by atoms with Crippen LogP contribution in [0.1, 0.15) is 33.4 Å². The average Bonchev–Trinajstić information content (AvgIpc) is 2.86. The van der Waals surface area contributed by atoms with Crippen molar-refractivity contribution >= 4 is 41.2 Å². The molecule has 0 saturated heterocycles. The molecule has 3 amide bonds. The van der Waals surface area contributed by atoms with Crippen molar-refractivity contribution in [1.29, 1.82) is 0 Å². The summed E-state index contributed by atoms with van der Waals surface area (Å²) < 4.78 is 6.71. The molecule has 0 aliphatic heterocycles. The minimum absolute atomic E-state index is 0.231. The fraction of sp³-hybridized carbons (Fsp3) is 0.333. The third kappa shape index (κ3) is 5.82. The zero-order valence-electron chi connectivity index (χ0n) is 15.4. The molecular formula is C18H21ClN4O4. The zero-order valence-corrected chi connectivity index (χ0v) is 16.2. The molecular weight excluding hydrogens is 372 g/mol. The lowest BCUT2D eigenvalue weighted by Crippen LogP contribution is -2.50. The van der Waals surface area contributed by atoms with Crippen LogP contribution >= 0.6 is 11.6 Å². The van der Waals surface area contributed by atoms with Crippen LogP contribution in [-0.2, 0) is 14.3 Å². The van der Waals surface area contributed by atoms with E-state index in [1.165, 1.54) is 13.0 Å². The van der Waals surface area contributed by atoms with Gasteiger partial charge in [0, 0.05) is 17.8 Å². The van der Waals surface area contributed by atoms with E-state index in [2.05, 4.69) is 15.6 Å². The Kier molecular flexibility index (Phi) is 6.22. The van der Waals surface area contributed by atoms with Gasteiger partial charge in [-0.25, -0.2) is 14.6 Å². The van der Waals surface area contributed by atoms with Gasteiger partial charge in [0.25, 0.3) is 5.91 Å². The number of pyridine rings is 1. The molecule has 0 unspecified atom stereocenters. The number of amides is 3. The molecule has 2 N–H and O–H groups in total. The second-order valence-corrected chi connectivity index (χ2v) is 7.18. The lowest BCUT2D eigenvalue weighted by Gasteiger charge is -2.21. The Balaban J connectivity index is 1.96. The Morgan fingerprint density at radius 2 is 2.00 bits per heavy atom. The Bertz CT molecular complexity index is 898. The summed E-state index contributed by atoms with van der Waals surface area (Å²) in [5.41, 5.74) is 0.638. The van der Waals surface area contributed by atoms with Crippen LogP contribution < -0.4 is 10.6 Å². The monoisotopic (exact) mass is 392 g/mol. The van der Waals surface area contributed by atoms with Gasteiger partial charge in [0.05, 0.1) is 5.69 Å². The van der Waals surface area contributed by atoms with Crippen molar-refractivity contribution in [2.45, 2.75) is 39.3 Å². The summed E-state index contributed by atoms with van der Waals surface area (Å²) in [6, 6.07) is 4.73. The number of nitrogens with zero attached hydrogens (tertiary/aromatic N) is 2. The SMILES string of the molecule is C[C@@H](OC(=O)/C=C/c1c(Cl)nc2ccccn12)C(=O)NC(=O)NC(C)(C)C. The minimum Gasteiger partial charge on any atom is -0.449 e. The highest BCUT2D eigenvalue weighted by molar-refractivity contribution is 6.31. The van der Waals surface area contributed by atoms with Crippen LogP contribution in [0.15, 0.2) is 30.5 Å². The Hall–Kier alpha value is -2.87. The first kappa shape index (κ1) is 20.4. The van der Waals surface area contributed by atoms with Crippen LogP contribution in [0.2, 0.25) is 5.15 Å². The van der Waals surface area contributed by atoms with E-state index in [1.54, 1.807) is 43.5 Å². The first-order chi connectivity index (χ1) is 12.6. The molecule has 9 heteroatoms. The van der Waals surface area contributed by atoms with E-state index in [4.69, 9.17) is 16.3 Å². The summed E-state index contributed by atoms with van der Waals surface area (Å²) in [5, 5.41) is 4.93. The summed E-state index contributed by atoms with van der Waals surface area (Å²) in [6.45, 7) is 6.69. The number of rotatable bonds is 4. The van der Waals surface area contributed by atoms with Crippen molar-refractivity contribution < 1.29 is 19.1 Å². The van der Waals surface area contributed by atoms with Gasteiger partial charge >= 0.3 is 12.0 Å². The molecule has 0 aliphatic rings. The molecule has 0 saturated carbocycles. The third-order valence-electron chi connectivity index (χ3n) is 3.29. The number of carbonyl (C=O) groups is 3. The van der Waals surface area contributed by atoms with Crippen LogP contribution in [0.4, 0.5) is 4.79 Å². The molecule has 144 valence electrons. The summed E-state index contributed by atoms with van der Waals surface area (Å²) in [5.74, 6) is -1.48. The molecule has 0 aromatic carbocycles. The predicted octanol–water partition coefficient (Wildman–Crippen LogP) is 2.56. The van der Waals surface area contributed by atoms with Gasteiger partial charge in [-0.05, 0) is 45.9 Å². The van der Waals surface area contributed by atoms with Gasteiger partial charge in [0.15, 0.2) is 11.3 Å². The lowest BCUT2D eigenvalue weighted by molar-refractivity contribution is -0.149. The molecule has 0 aliphatic carbocycles. The maximum atomic E-state index is 12.0. The van der Waals surface area contributed by atoms with Crippen LogP contribution in [0, 0.1) is 0 Å². The molecule has 8 nitrogen and oxygen atoms in total. The molecule has 1 atom stereocenters. The first-order valence-corrected chi connectivity index (χ1v) is 8.59. The standard InChI is InChI=1S/C18H21ClN4O4/c1-11(16(25)21-17(26)22-18(2,3)4)27-14(24)9-8-12-15(19)20-13-7-5-6-10-23(12)13/h5-11H,1-4H3,(H2,21,22,25,26)/b9-8+/t11-/m1/s1. The molecule has 2 rings (SSSR count). The number of ether oxygens (including phenoxy) is 1. The van der Waals surface area contributed by atoms with Gasteiger partial charge in [0.1, 0.15) is 5.65 Å². The number of esters is 1. The van der Waals surface area contributed by atoms with E-state index in [1.807, 2.05) is 6.07 Å². The Morgan fingerprint density at radius 3 is 2.67 bits per heavy atom. The second kappa shape index (κ2) is 8.22. The molecule has 2 aromatic rings. The Morgan fingerprint density at radius 1 is 1.30 bits per heavy atom. The van der Waals surface area contributed by atoms with Crippen LogP contribution in [0.25, 0.3) is 11.7 Å². The minimum atomic E-state index is -1.15. The molecule has 2 heterocycles. The number of carbonyl (C=O) groups excluding carboxylic acids is 3. The number of fused-ring (bicyclic) bond motifs is 1. The van der Waals surface area contributed by atoms with Gasteiger partial charge in [-0.1, -0.05) is 17.7 Å². The second-order valence-electron chi connectivity index (χ2n) is 6.82. The van der Waals surface area contributed by atoms with Gasteiger partial charge in [-0.2, -0.15) is 0 Å². The zero-order chi connectivity index (χ0) is 20.2. The number of imide groups is 1. The summed E-state index contributed by atoms with van der Waals surface area (Å²) >= 11 is 6.07. The maximum absolute atomic E-state index is 12.0. The highest BCUT2D eigenvalue weighted by Gasteiger charge is 2.21. The normalized spacial score (nSPS) is 12.8. The Labute approximate surface area is 161 Å². The molecule has 27 heavy (non-hydrogen) atoms. The molecule has 2 aromatic heterocycles. The number of hydrogen-bond acceptors (Lipinski definition) is 5. The topological polar surface area (TPSA) is 102 Å². The molecule has 0 bridgehead atoms. The van der Waals surface area contributed by atoms with E-state index in [-0.39, 0.29) is 5.15 Å². The van der Waals surface area contributed by atoms with Crippen molar-refractivity contribution in [3.8, 4) is 0 Å². The quantitative estimate of drug-likeness (QED) is 0.615. The summed E-state index contributed by atoms with van der Waals surface area (Å²) in [4.78, 5) is 39.7. The number of nitrogens with one attached hydrogen (secondary N) is 2. The summed E-state index contributed by atoms with van der Waals surface area (Å²) in [7, 11) is 0. The average molecular weight is 393 g/mol. The van der Waals surface area contributed by atoms with Crippen molar-refractivity contribution in [3.05, 3.63) is 41.3 Å². The predicted molar refractivity (Wildman–Crippen MR) is 101 cm³/mol. The third-order valence-corrected chi connectivity index (χ3v) is 3.56. The van der Waals surface area contributed by atoms with E-state index >= 15 is 0 Å². The van der Waals surface area contributed by atoms with E-state index < -0.39 is 29.6 Å². The smallest absolute Gasteiger partial charge is 0.331 e. The number of urea groups is 1. The number of imidazole rings is 1. The van der Waals surface area contributed by atoms with E-state index in [0.29, 0.717) is 11.3 Å². The highest BCUT2D eigenvalue weighted by atomic mass is 35.5. The fourth-order valence-corrected chi connectivity index (χ4v) is 2.38. The summed E-state index contributed by atoms with van der Waals surface area (Å²) in [6.07, 6.45) is 3.19. The number of halogens is 1. The van der Waals surface area contributed by atoms with Gasteiger partial charge < -0.3 is 10.1 Å². The van der Waals surface area contributed by atoms with Crippen molar-refractivity contribution in [1.82, 2.24) is 20.0 Å². The highest BCUT2D eigenvalue weighted by Crippen LogP contribution is 2.18. The molecule has 0 fully saturated rings. The van der Waals surface area contributed by atoms with Crippen molar-refractivity contribution in [2.75, 3.05) is 0 Å². The lowest BCUT2D eigenvalue weighted by atomic mass is 10.1. The number of aromatic nitrogens is 2. The van der Waals surface area contributed by atoms with Crippen LogP contribution in [0.3, 0.4) is 0 Å². The largest absolute Gasteiger partial charge is 0.449 e. The van der Waals surface area contributed by atoms with Crippen LogP contribution in [0.5, 0.6) is 0 Å². The number of hydrogen-bond donors (Lipinski definition) is 2. The van der Waals surface area contributed by atoms with Crippen LogP contribution in [-0.4, -0.2) is 38.9 Å². The molecule has 0 radical (unpaired) electrons. The van der Waals surface area contributed by atoms with E-state index in [9.17, 15) is 14.4 Å². The van der Waals surface area contributed by atoms with Gasteiger partial charge in [-0.15, -0.1) is 0 Å². The molecule has 0 spiro atoms. The first-order valence-electron chi connectivity index (χ1n) is 8.21.